The van der Waals surface area contributed by atoms with Crippen molar-refractivity contribution in [3.8, 4) is 0 Å². The molecule has 114 valence electrons. The second kappa shape index (κ2) is 7.25. The fraction of sp³-hybridized carbons (Fsp3) is 0.467. The third kappa shape index (κ3) is 4.70. The summed E-state index contributed by atoms with van der Waals surface area (Å²) in [5.74, 6) is -0.00730. The van der Waals surface area contributed by atoms with Crippen molar-refractivity contribution in [2.24, 2.45) is 0 Å². The summed E-state index contributed by atoms with van der Waals surface area (Å²) in [7, 11) is 0. The maximum atomic E-state index is 12.3. The molecule has 1 aliphatic rings. The van der Waals surface area contributed by atoms with Crippen LogP contribution in [0.15, 0.2) is 18.2 Å². The first-order valence-corrected chi connectivity index (χ1v) is 7.69. The Labute approximate surface area is 134 Å². The van der Waals surface area contributed by atoms with Crippen molar-refractivity contribution in [1.82, 2.24) is 10.2 Å². The third-order valence-electron chi connectivity index (χ3n) is 3.59. The predicted molar refractivity (Wildman–Crippen MR) is 84.1 cm³/mol. The van der Waals surface area contributed by atoms with E-state index in [9.17, 15) is 9.59 Å². The minimum atomic E-state index is -0.00496. The van der Waals surface area contributed by atoms with E-state index in [0.29, 0.717) is 22.2 Å². The Morgan fingerprint density at radius 2 is 1.95 bits per heavy atom. The van der Waals surface area contributed by atoms with Crippen LogP contribution in [0.4, 0.5) is 0 Å². The molecule has 0 saturated carbocycles. The molecule has 0 aromatic heterocycles. The second-order valence-electron chi connectivity index (χ2n) is 5.30. The number of Topliss-reactive ketones (excluding diaryl/α,β-unsaturated/α-hetero) is 1. The number of likely N-dealkylation sites (tertiary alicyclic amines) is 1. The van der Waals surface area contributed by atoms with Crippen LogP contribution in [-0.4, -0.2) is 42.3 Å². The van der Waals surface area contributed by atoms with E-state index in [0.717, 1.165) is 25.9 Å². The van der Waals surface area contributed by atoms with Gasteiger partial charge >= 0.3 is 0 Å². The molecule has 0 unspecified atom stereocenters. The molecule has 0 atom stereocenters. The van der Waals surface area contributed by atoms with E-state index in [1.165, 1.54) is 6.92 Å². The standard InChI is InChI=1S/C15H18Cl2N2O2/c1-10(20)18-12-4-6-19(7-5-12)9-15(21)13-3-2-11(16)8-14(13)17/h2-3,8,12H,4-7,9H2,1H3,(H,18,20). The number of piperidine rings is 1. The maximum absolute atomic E-state index is 12.3. The van der Waals surface area contributed by atoms with E-state index < -0.39 is 0 Å². The van der Waals surface area contributed by atoms with Crippen LogP contribution in [-0.2, 0) is 4.79 Å². The van der Waals surface area contributed by atoms with E-state index in [-0.39, 0.29) is 17.7 Å². The van der Waals surface area contributed by atoms with Gasteiger partial charge in [-0.05, 0) is 31.0 Å². The average Bonchev–Trinajstić information content (AvgIpc) is 2.40. The Kier molecular flexibility index (Phi) is 5.62. The van der Waals surface area contributed by atoms with Crippen molar-refractivity contribution < 1.29 is 9.59 Å². The molecule has 1 saturated heterocycles. The first kappa shape index (κ1) is 16.3. The lowest BCUT2D eigenvalue weighted by Crippen LogP contribution is -2.45. The molecular formula is C15H18Cl2N2O2. The summed E-state index contributed by atoms with van der Waals surface area (Å²) in [5, 5.41) is 3.83. The number of benzene rings is 1. The predicted octanol–water partition coefficient (Wildman–Crippen LogP) is 2.78. The lowest BCUT2D eigenvalue weighted by Gasteiger charge is -2.31. The quantitative estimate of drug-likeness (QED) is 0.864. The van der Waals surface area contributed by atoms with Crippen LogP contribution in [0.25, 0.3) is 0 Å². The highest BCUT2D eigenvalue weighted by Gasteiger charge is 2.22. The lowest BCUT2D eigenvalue weighted by molar-refractivity contribution is -0.119. The number of nitrogens with zero attached hydrogens (tertiary/aromatic N) is 1. The lowest BCUT2D eigenvalue weighted by atomic mass is 10.0. The van der Waals surface area contributed by atoms with E-state index >= 15 is 0 Å². The van der Waals surface area contributed by atoms with Gasteiger partial charge in [-0.25, -0.2) is 0 Å². The number of ketones is 1. The van der Waals surface area contributed by atoms with Crippen LogP contribution >= 0.6 is 23.2 Å². The van der Waals surface area contributed by atoms with Crippen LogP contribution in [0.5, 0.6) is 0 Å². The smallest absolute Gasteiger partial charge is 0.217 e. The Morgan fingerprint density at radius 1 is 1.29 bits per heavy atom. The zero-order valence-corrected chi connectivity index (χ0v) is 13.4. The summed E-state index contributed by atoms with van der Waals surface area (Å²) in [5.41, 5.74) is 0.505. The minimum Gasteiger partial charge on any atom is -0.354 e. The first-order chi connectivity index (χ1) is 9.95. The fourth-order valence-corrected chi connectivity index (χ4v) is 3.04. The van der Waals surface area contributed by atoms with Gasteiger partial charge in [0, 0.05) is 36.6 Å². The zero-order chi connectivity index (χ0) is 15.4. The molecule has 0 aliphatic carbocycles. The highest BCUT2D eigenvalue weighted by molar-refractivity contribution is 6.36. The second-order valence-corrected chi connectivity index (χ2v) is 6.14. The summed E-state index contributed by atoms with van der Waals surface area (Å²) < 4.78 is 0. The molecule has 1 N–H and O–H groups in total. The Bertz CT molecular complexity index is 540. The molecule has 21 heavy (non-hydrogen) atoms. The van der Waals surface area contributed by atoms with Crippen molar-refractivity contribution in [2.45, 2.75) is 25.8 Å². The van der Waals surface area contributed by atoms with Gasteiger partial charge in [0.25, 0.3) is 0 Å². The minimum absolute atomic E-state index is 0.00234. The van der Waals surface area contributed by atoms with E-state index in [2.05, 4.69) is 10.2 Å². The number of halogens is 2. The Hall–Kier alpha value is -1.10. The van der Waals surface area contributed by atoms with Crippen LogP contribution in [0.1, 0.15) is 30.1 Å². The molecule has 1 aromatic rings. The molecule has 1 amide bonds. The maximum Gasteiger partial charge on any atom is 0.217 e. The van der Waals surface area contributed by atoms with Gasteiger partial charge < -0.3 is 5.32 Å². The van der Waals surface area contributed by atoms with Crippen molar-refractivity contribution >= 4 is 34.9 Å². The topological polar surface area (TPSA) is 49.4 Å². The summed E-state index contributed by atoms with van der Waals surface area (Å²) in [4.78, 5) is 25.4. The van der Waals surface area contributed by atoms with Gasteiger partial charge in [-0.1, -0.05) is 23.2 Å². The number of hydrogen-bond donors (Lipinski definition) is 1. The van der Waals surface area contributed by atoms with Gasteiger partial charge in [-0.2, -0.15) is 0 Å². The molecule has 0 spiro atoms. The molecule has 4 nitrogen and oxygen atoms in total. The number of rotatable bonds is 4. The van der Waals surface area contributed by atoms with Gasteiger partial charge in [0.1, 0.15) is 0 Å². The monoisotopic (exact) mass is 328 g/mol. The van der Waals surface area contributed by atoms with Gasteiger partial charge in [-0.3, -0.25) is 14.5 Å². The molecule has 1 aromatic carbocycles. The number of amides is 1. The molecule has 2 rings (SSSR count). The van der Waals surface area contributed by atoms with Gasteiger partial charge in [-0.15, -0.1) is 0 Å². The number of nitrogens with one attached hydrogen (secondary N) is 1. The molecule has 0 radical (unpaired) electrons. The fourth-order valence-electron chi connectivity index (χ4n) is 2.53. The molecular weight excluding hydrogens is 311 g/mol. The molecule has 1 heterocycles. The molecule has 6 heteroatoms. The summed E-state index contributed by atoms with van der Waals surface area (Å²) in [6.45, 7) is 3.45. The van der Waals surface area contributed by atoms with Crippen LogP contribution in [0, 0.1) is 0 Å². The molecule has 1 fully saturated rings. The van der Waals surface area contributed by atoms with Crippen molar-refractivity contribution in [3.63, 3.8) is 0 Å². The van der Waals surface area contributed by atoms with Gasteiger partial charge in [0.2, 0.25) is 5.91 Å². The van der Waals surface area contributed by atoms with Gasteiger partial charge in [0.15, 0.2) is 5.78 Å². The third-order valence-corrected chi connectivity index (χ3v) is 4.14. The normalized spacial score (nSPS) is 16.7. The first-order valence-electron chi connectivity index (χ1n) is 6.93. The van der Waals surface area contributed by atoms with Crippen molar-refractivity contribution in [2.75, 3.05) is 19.6 Å². The highest BCUT2D eigenvalue weighted by Crippen LogP contribution is 2.22. The Balaban J connectivity index is 1.88. The van der Waals surface area contributed by atoms with Gasteiger partial charge in [0.05, 0.1) is 11.6 Å². The summed E-state index contributed by atoms with van der Waals surface area (Å²) in [6, 6.07) is 5.13. The van der Waals surface area contributed by atoms with E-state index in [4.69, 9.17) is 23.2 Å². The number of carbonyl (C=O) groups excluding carboxylic acids is 2. The Morgan fingerprint density at radius 3 is 2.52 bits per heavy atom. The van der Waals surface area contributed by atoms with Crippen molar-refractivity contribution in [3.05, 3.63) is 33.8 Å². The van der Waals surface area contributed by atoms with Crippen LogP contribution < -0.4 is 5.32 Å². The highest BCUT2D eigenvalue weighted by atomic mass is 35.5. The molecule has 0 bridgehead atoms. The number of hydrogen-bond acceptors (Lipinski definition) is 3. The summed E-state index contributed by atoms with van der Waals surface area (Å²) >= 11 is 11.9. The zero-order valence-electron chi connectivity index (χ0n) is 11.9. The SMILES string of the molecule is CC(=O)NC1CCN(CC(=O)c2ccc(Cl)cc2Cl)CC1. The average molecular weight is 329 g/mol. The van der Waals surface area contributed by atoms with E-state index in [1.54, 1.807) is 18.2 Å². The number of carbonyl (C=O) groups is 2. The van der Waals surface area contributed by atoms with E-state index in [1.807, 2.05) is 0 Å². The van der Waals surface area contributed by atoms with Crippen LogP contribution in [0.2, 0.25) is 10.0 Å². The molecule has 1 aliphatic heterocycles. The largest absolute Gasteiger partial charge is 0.354 e. The van der Waals surface area contributed by atoms with Crippen LogP contribution in [0.3, 0.4) is 0 Å². The van der Waals surface area contributed by atoms with Crippen molar-refractivity contribution in [1.29, 1.82) is 0 Å². The summed E-state index contributed by atoms with van der Waals surface area (Å²) in [6.07, 6.45) is 1.72.